The molecule has 0 atom stereocenters. The molecule has 12 rings (SSSR count). The van der Waals surface area contributed by atoms with Gasteiger partial charge in [0.2, 0.25) is 0 Å². The first kappa shape index (κ1) is 88.9. The number of phenols is 12. The number of aromatic hydroxyl groups is 12. The van der Waals surface area contributed by atoms with Crippen LogP contribution in [0.1, 0.15) is 95.5 Å². The lowest BCUT2D eigenvalue weighted by Gasteiger charge is -2.13. The SMILES string of the molecule is COc1cc(O)c(C(=O)/C=C/c2ccccc2O)c(OC)c1.COc1cc(OC)c(C(=O)/C=C/c2ccccc2O)c(OC)c1.O=C(/C=C/c1ccccc1)c1ccccc1O.O=C(/C=C/c1ccccc1O)c1cc(O)ccc1O.O=C(/C=C/c1ccccc1O)c1ccc(O)cc1O.O=C(/C=C/c1ccccc1O)c1ccccc1O. The predicted octanol–water partition coefficient (Wildman–Crippen LogP) is 18.0. The van der Waals surface area contributed by atoms with Gasteiger partial charge in [0.15, 0.2) is 34.7 Å². The van der Waals surface area contributed by atoms with Crippen LogP contribution >= 0.6 is 0 Å². The monoisotopic (exact) mass is 1590 g/mol. The van der Waals surface area contributed by atoms with Crippen molar-refractivity contribution in [2.75, 3.05) is 35.5 Å². The number of carbonyl (C=O) groups excluding carboxylic acids is 6. The molecule has 0 spiro atoms. The third-order valence-electron chi connectivity index (χ3n) is 16.5. The van der Waals surface area contributed by atoms with Crippen LogP contribution in [-0.4, -0.2) is 132 Å². The van der Waals surface area contributed by atoms with Crippen molar-refractivity contribution < 1.29 is 114 Å². The number of phenolic OH excluding ortho intramolecular Hbond substituents is 12. The van der Waals surface area contributed by atoms with Gasteiger partial charge in [0.25, 0.3) is 0 Å². The number of hydrogen-bond acceptors (Lipinski definition) is 23. The summed E-state index contributed by atoms with van der Waals surface area (Å²) >= 11 is 0. The third-order valence-corrected chi connectivity index (χ3v) is 16.5. The molecule has 12 aromatic rings. The number of allylic oxidation sites excluding steroid dienone is 6. The van der Waals surface area contributed by atoms with Gasteiger partial charge in [0, 0.05) is 58.1 Å². The fraction of sp³-hybridized carbons (Fsp3) is 0.0526. The van der Waals surface area contributed by atoms with Gasteiger partial charge in [-0.1, -0.05) is 152 Å². The van der Waals surface area contributed by atoms with Crippen LogP contribution in [-0.2, 0) is 0 Å². The summed E-state index contributed by atoms with van der Waals surface area (Å²) in [4.78, 5) is 72.1. The summed E-state index contributed by atoms with van der Waals surface area (Å²) in [6, 6.07) is 69.2. The van der Waals surface area contributed by atoms with E-state index >= 15 is 0 Å². The molecule has 0 amide bonds. The standard InChI is InChI=1S/C18H18O5.C17H16O5.2C15H12O4.C15H12O3.C15H12O2/c1-21-13-10-16(22-2)18(17(11-13)23-3)15(20)9-8-12-6-4-5-7-14(12)19;1-21-12-9-15(20)17(16(10-12)22-2)14(19)8-7-11-5-3-4-6-13(11)18;16-11-6-7-12(15(19)9-11)14(18)8-5-10-3-1-2-4-13(10)17;16-11-6-8-15(19)12(9-11)14(18)7-5-10-3-1-2-4-13(10)17;16-13-7-3-1-5-11(13)9-10-15(18)12-6-2-4-8-14(12)17;16-14-9-5-4-8-13(14)15(17)11-10-12-6-2-1-3-7-12/h4-11,19H,1-3H3;3-10,18,20H,1-2H3;2*1-9,16-17,19H;1-10,16-17H;1-11,16H/b9-8+;8-7+;8-5+;7-5+;10-9+;11-10+. The molecule has 118 heavy (non-hydrogen) atoms. The van der Waals surface area contributed by atoms with E-state index in [9.17, 15) is 84.9 Å². The van der Waals surface area contributed by atoms with Gasteiger partial charge < -0.3 is 85.0 Å². The quantitative estimate of drug-likeness (QED) is 0.0161. The lowest BCUT2D eigenvalue weighted by atomic mass is 10.1. The molecular formula is C95H82O23. The van der Waals surface area contributed by atoms with Gasteiger partial charge >= 0.3 is 0 Å². The Balaban J connectivity index is 0.000000196. The molecule has 0 fully saturated rings. The molecule has 0 aromatic heterocycles. The topological polar surface area (TPSA) is 391 Å². The van der Waals surface area contributed by atoms with Gasteiger partial charge in [-0.15, -0.1) is 0 Å². The zero-order valence-corrected chi connectivity index (χ0v) is 64.1. The van der Waals surface area contributed by atoms with E-state index < -0.39 is 17.3 Å². The van der Waals surface area contributed by atoms with Gasteiger partial charge in [0.1, 0.15) is 109 Å². The van der Waals surface area contributed by atoms with E-state index in [2.05, 4.69) is 0 Å². The highest BCUT2D eigenvalue weighted by molar-refractivity contribution is 6.13. The highest BCUT2D eigenvalue weighted by Crippen LogP contribution is 2.37. The maximum Gasteiger partial charge on any atom is 0.193 e. The minimum atomic E-state index is -0.461. The van der Waals surface area contributed by atoms with Gasteiger partial charge in [-0.05, 0) is 157 Å². The molecule has 0 radical (unpaired) electrons. The molecule has 0 saturated heterocycles. The second kappa shape index (κ2) is 45.3. The van der Waals surface area contributed by atoms with E-state index in [1.54, 1.807) is 164 Å². The van der Waals surface area contributed by atoms with Crippen LogP contribution in [0.4, 0.5) is 0 Å². The third kappa shape index (κ3) is 26.7. The smallest absolute Gasteiger partial charge is 0.193 e. The second-order valence-electron chi connectivity index (χ2n) is 24.5. The van der Waals surface area contributed by atoms with E-state index in [0.717, 1.165) is 11.6 Å². The van der Waals surface area contributed by atoms with Crippen molar-refractivity contribution in [1.29, 1.82) is 0 Å². The van der Waals surface area contributed by atoms with E-state index in [0.29, 0.717) is 61.9 Å². The summed E-state index contributed by atoms with van der Waals surface area (Å²) in [5, 5.41) is 115. The number of carbonyl (C=O) groups is 6. The summed E-state index contributed by atoms with van der Waals surface area (Å²) in [5.41, 5.74) is 4.55. The molecule has 23 heteroatoms. The van der Waals surface area contributed by atoms with E-state index in [1.807, 2.05) is 30.3 Å². The Kier molecular flexibility index (Phi) is 34.1. The molecule has 0 aliphatic heterocycles. The van der Waals surface area contributed by atoms with Crippen LogP contribution in [0.15, 0.2) is 297 Å². The van der Waals surface area contributed by atoms with Crippen molar-refractivity contribution in [2.45, 2.75) is 0 Å². The number of ether oxygens (including phenoxy) is 5. The minimum Gasteiger partial charge on any atom is -0.508 e. The average molecular weight is 1590 g/mol. The van der Waals surface area contributed by atoms with E-state index in [1.165, 1.54) is 169 Å². The molecule has 23 nitrogen and oxygen atoms in total. The summed E-state index contributed by atoms with van der Waals surface area (Å²) in [7, 11) is 7.31. The van der Waals surface area contributed by atoms with Crippen molar-refractivity contribution in [2.24, 2.45) is 0 Å². The number of methoxy groups -OCH3 is 5. The minimum absolute atomic E-state index is 0.00618. The molecule has 12 aromatic carbocycles. The molecule has 0 heterocycles. The largest absolute Gasteiger partial charge is 0.508 e. The highest BCUT2D eigenvalue weighted by atomic mass is 16.5. The Bertz CT molecular complexity index is 5650. The van der Waals surface area contributed by atoms with Crippen LogP contribution < -0.4 is 23.7 Å². The van der Waals surface area contributed by atoms with Crippen molar-refractivity contribution in [3.05, 3.63) is 364 Å². The molecule has 0 saturated carbocycles. The van der Waals surface area contributed by atoms with Crippen LogP contribution in [0.3, 0.4) is 0 Å². The van der Waals surface area contributed by atoms with Crippen LogP contribution in [0.25, 0.3) is 36.5 Å². The van der Waals surface area contributed by atoms with Gasteiger partial charge in [-0.25, -0.2) is 0 Å². The molecule has 0 aliphatic rings. The van der Waals surface area contributed by atoms with Gasteiger partial charge in [-0.3, -0.25) is 28.8 Å². The number of para-hydroxylation sites is 7. The maximum atomic E-state index is 12.5. The first-order valence-corrected chi connectivity index (χ1v) is 35.4. The summed E-state index contributed by atoms with van der Waals surface area (Å²) in [6.07, 6.45) is 17.1. The fourth-order valence-corrected chi connectivity index (χ4v) is 10.4. The molecule has 0 aliphatic carbocycles. The zero-order chi connectivity index (χ0) is 85.6. The Morgan fingerprint density at radius 1 is 0.220 bits per heavy atom. The maximum absolute atomic E-state index is 12.5. The predicted molar refractivity (Wildman–Crippen MR) is 450 cm³/mol. The lowest BCUT2D eigenvalue weighted by molar-refractivity contribution is 0.103. The highest BCUT2D eigenvalue weighted by Gasteiger charge is 2.21. The van der Waals surface area contributed by atoms with Crippen molar-refractivity contribution >= 4 is 71.2 Å². The summed E-state index contributed by atoms with van der Waals surface area (Å²) in [6.45, 7) is 0. The van der Waals surface area contributed by atoms with E-state index in [-0.39, 0.29) is 114 Å². The van der Waals surface area contributed by atoms with Crippen molar-refractivity contribution in [3.8, 4) is 97.7 Å². The average Bonchev–Trinajstić information content (AvgIpc) is 0.812. The fourth-order valence-electron chi connectivity index (χ4n) is 10.4. The second-order valence-corrected chi connectivity index (χ2v) is 24.5. The van der Waals surface area contributed by atoms with Crippen molar-refractivity contribution in [1.82, 2.24) is 0 Å². The molecular weight excluding hydrogens is 1510 g/mol. The Hall–Kier alpha value is -16.3. The lowest BCUT2D eigenvalue weighted by Crippen LogP contribution is -2.03. The number of rotatable bonds is 23. The Morgan fingerprint density at radius 3 is 0.856 bits per heavy atom. The van der Waals surface area contributed by atoms with Gasteiger partial charge in [-0.2, -0.15) is 0 Å². The van der Waals surface area contributed by atoms with Gasteiger partial charge in [0.05, 0.1) is 57.8 Å². The number of ketones is 6. The molecule has 0 bridgehead atoms. The zero-order valence-electron chi connectivity index (χ0n) is 64.1. The molecule has 0 unspecified atom stereocenters. The molecule has 12 N–H and O–H groups in total. The number of benzene rings is 12. The summed E-state index contributed by atoms with van der Waals surface area (Å²) in [5.74, 6) is -0.865. The first-order chi connectivity index (χ1) is 56.8. The van der Waals surface area contributed by atoms with Crippen molar-refractivity contribution in [3.63, 3.8) is 0 Å². The Labute approximate surface area is 678 Å². The summed E-state index contributed by atoms with van der Waals surface area (Å²) < 4.78 is 25.8. The van der Waals surface area contributed by atoms with Crippen LogP contribution in [0.5, 0.6) is 97.7 Å². The van der Waals surface area contributed by atoms with Crippen LogP contribution in [0.2, 0.25) is 0 Å². The normalized spacial score (nSPS) is 10.7. The number of hydrogen-bond donors (Lipinski definition) is 12. The molecule has 600 valence electrons. The van der Waals surface area contributed by atoms with E-state index in [4.69, 9.17) is 28.8 Å². The first-order valence-electron chi connectivity index (χ1n) is 35.4. The Morgan fingerprint density at radius 2 is 0.500 bits per heavy atom. The van der Waals surface area contributed by atoms with Crippen LogP contribution in [0, 0.1) is 0 Å².